The number of benzene rings is 2. The molecule has 0 unspecified atom stereocenters. The molecule has 192 valence electrons. The topological polar surface area (TPSA) is 115 Å². The van der Waals surface area contributed by atoms with Crippen molar-refractivity contribution >= 4 is 34.1 Å². The van der Waals surface area contributed by atoms with Gasteiger partial charge in [-0.1, -0.05) is 30.4 Å². The summed E-state index contributed by atoms with van der Waals surface area (Å²) in [4.78, 5) is 26.9. The van der Waals surface area contributed by atoms with E-state index in [0.29, 0.717) is 39.5 Å². The van der Waals surface area contributed by atoms with Crippen LogP contribution in [0.2, 0.25) is 0 Å². The number of amides is 3. The van der Waals surface area contributed by atoms with Gasteiger partial charge in [0, 0.05) is 30.8 Å². The molecule has 3 aromatic rings. The van der Waals surface area contributed by atoms with E-state index < -0.39 is 0 Å². The van der Waals surface area contributed by atoms with Crippen LogP contribution in [0.5, 0.6) is 17.2 Å². The van der Waals surface area contributed by atoms with Gasteiger partial charge in [-0.2, -0.15) is 0 Å². The van der Waals surface area contributed by atoms with E-state index in [1.54, 1.807) is 17.0 Å². The van der Waals surface area contributed by atoms with Gasteiger partial charge in [0.2, 0.25) is 16.8 Å². The van der Waals surface area contributed by atoms with Crippen LogP contribution in [0, 0.1) is 6.92 Å². The number of nitrogens with zero attached hydrogens (tertiary/aromatic N) is 3. The van der Waals surface area contributed by atoms with Crippen LogP contribution in [0.25, 0.3) is 10.6 Å². The summed E-state index contributed by atoms with van der Waals surface area (Å²) in [6.07, 6.45) is 0.901. The van der Waals surface area contributed by atoms with Crippen LogP contribution < -0.4 is 24.8 Å². The van der Waals surface area contributed by atoms with Crippen molar-refractivity contribution in [2.45, 2.75) is 26.7 Å². The van der Waals surface area contributed by atoms with E-state index in [4.69, 9.17) is 14.2 Å². The fourth-order valence-corrected chi connectivity index (χ4v) is 4.27. The SMILES string of the molecule is CCCN(CCC(=O)Nc1nnc(-c2cc(OC)c(OC)c(OC)c2)s1)C(=O)Nc1cccc(C)c1. The quantitative estimate of drug-likeness (QED) is 0.378. The molecule has 1 heterocycles. The Balaban J connectivity index is 1.62. The highest BCUT2D eigenvalue weighted by atomic mass is 32.1. The molecular formula is C25H31N5O5S. The Morgan fingerprint density at radius 3 is 2.31 bits per heavy atom. The Hall–Kier alpha value is -3.86. The second kappa shape index (κ2) is 12.7. The minimum Gasteiger partial charge on any atom is -0.493 e. The van der Waals surface area contributed by atoms with Crippen LogP contribution in [0.1, 0.15) is 25.3 Å². The van der Waals surface area contributed by atoms with Crippen molar-refractivity contribution in [1.82, 2.24) is 15.1 Å². The van der Waals surface area contributed by atoms with Crippen LogP contribution >= 0.6 is 11.3 Å². The minimum absolute atomic E-state index is 0.125. The number of carbonyl (C=O) groups is 2. The van der Waals surface area contributed by atoms with Crippen molar-refractivity contribution < 1.29 is 23.8 Å². The third-order valence-corrected chi connectivity index (χ3v) is 6.13. The van der Waals surface area contributed by atoms with Crippen LogP contribution in [0.3, 0.4) is 0 Å². The van der Waals surface area contributed by atoms with E-state index in [9.17, 15) is 9.59 Å². The lowest BCUT2D eigenvalue weighted by Gasteiger charge is -2.22. The average Bonchev–Trinajstić information content (AvgIpc) is 3.33. The second-order valence-corrected chi connectivity index (χ2v) is 8.89. The van der Waals surface area contributed by atoms with E-state index >= 15 is 0 Å². The molecule has 36 heavy (non-hydrogen) atoms. The van der Waals surface area contributed by atoms with Crippen molar-refractivity contribution in [3.63, 3.8) is 0 Å². The summed E-state index contributed by atoms with van der Waals surface area (Å²) in [5.74, 6) is 1.21. The first-order valence-electron chi connectivity index (χ1n) is 11.4. The molecule has 0 atom stereocenters. The summed E-state index contributed by atoms with van der Waals surface area (Å²) < 4.78 is 16.1. The monoisotopic (exact) mass is 513 g/mol. The zero-order valence-corrected chi connectivity index (χ0v) is 21.9. The predicted molar refractivity (Wildman–Crippen MR) is 140 cm³/mol. The van der Waals surface area contributed by atoms with Gasteiger partial charge >= 0.3 is 6.03 Å². The molecule has 0 radical (unpaired) electrons. The van der Waals surface area contributed by atoms with Gasteiger partial charge in [0.15, 0.2) is 11.5 Å². The summed E-state index contributed by atoms with van der Waals surface area (Å²) >= 11 is 1.22. The van der Waals surface area contributed by atoms with Crippen molar-refractivity contribution in [3.8, 4) is 27.8 Å². The molecule has 0 aliphatic rings. The lowest BCUT2D eigenvalue weighted by atomic mass is 10.2. The van der Waals surface area contributed by atoms with E-state index in [2.05, 4.69) is 20.8 Å². The van der Waals surface area contributed by atoms with E-state index in [0.717, 1.165) is 17.7 Å². The zero-order valence-electron chi connectivity index (χ0n) is 21.1. The normalized spacial score (nSPS) is 10.5. The lowest BCUT2D eigenvalue weighted by Crippen LogP contribution is -2.37. The first-order chi connectivity index (χ1) is 17.4. The maximum Gasteiger partial charge on any atom is 0.321 e. The van der Waals surface area contributed by atoms with Gasteiger partial charge in [-0.25, -0.2) is 4.79 Å². The number of methoxy groups -OCH3 is 3. The molecule has 11 heteroatoms. The van der Waals surface area contributed by atoms with E-state index in [1.807, 2.05) is 38.1 Å². The van der Waals surface area contributed by atoms with E-state index in [1.165, 1.54) is 32.7 Å². The molecule has 3 amide bonds. The van der Waals surface area contributed by atoms with Gasteiger partial charge in [0.25, 0.3) is 0 Å². The molecule has 0 fully saturated rings. The van der Waals surface area contributed by atoms with Gasteiger partial charge in [-0.05, 0) is 43.2 Å². The number of ether oxygens (including phenoxy) is 3. The van der Waals surface area contributed by atoms with E-state index in [-0.39, 0.29) is 24.9 Å². The Morgan fingerprint density at radius 2 is 1.69 bits per heavy atom. The summed E-state index contributed by atoms with van der Waals surface area (Å²) in [6, 6.07) is 10.9. The Kier molecular flexibility index (Phi) is 9.46. The largest absolute Gasteiger partial charge is 0.493 e. The van der Waals surface area contributed by atoms with Crippen molar-refractivity contribution in [2.75, 3.05) is 45.1 Å². The number of hydrogen-bond donors (Lipinski definition) is 2. The van der Waals surface area contributed by atoms with Gasteiger partial charge in [-0.3, -0.25) is 4.79 Å². The number of aryl methyl sites for hydroxylation is 1. The first-order valence-corrected chi connectivity index (χ1v) is 12.3. The van der Waals surface area contributed by atoms with Crippen molar-refractivity contribution in [1.29, 1.82) is 0 Å². The van der Waals surface area contributed by atoms with Gasteiger partial charge in [0.05, 0.1) is 21.3 Å². The fourth-order valence-electron chi connectivity index (χ4n) is 3.52. The molecule has 3 rings (SSSR count). The molecule has 1 aromatic heterocycles. The molecule has 0 aliphatic heterocycles. The fraction of sp³-hybridized carbons (Fsp3) is 0.360. The zero-order chi connectivity index (χ0) is 26.1. The molecule has 0 spiro atoms. The molecule has 2 aromatic carbocycles. The van der Waals surface area contributed by atoms with Crippen LogP contribution in [-0.4, -0.2) is 61.5 Å². The third-order valence-electron chi connectivity index (χ3n) is 5.24. The third kappa shape index (κ3) is 6.85. The number of nitrogens with one attached hydrogen (secondary N) is 2. The van der Waals surface area contributed by atoms with Crippen LogP contribution in [0.15, 0.2) is 36.4 Å². The number of hydrogen-bond acceptors (Lipinski definition) is 8. The standard InChI is InChI=1S/C25H31N5O5S/c1-6-11-30(25(32)26-18-9-7-8-16(2)13-18)12-10-21(31)27-24-29-28-23(36-24)17-14-19(33-3)22(35-5)20(15-17)34-4/h7-9,13-15H,6,10-12H2,1-5H3,(H,26,32)(H,27,29,31). The second-order valence-electron chi connectivity index (χ2n) is 7.91. The van der Waals surface area contributed by atoms with Gasteiger partial charge < -0.3 is 29.7 Å². The van der Waals surface area contributed by atoms with Gasteiger partial charge in [-0.15, -0.1) is 10.2 Å². The number of carbonyl (C=O) groups excluding carboxylic acids is 2. The number of rotatable bonds is 11. The smallest absolute Gasteiger partial charge is 0.321 e. The average molecular weight is 514 g/mol. The predicted octanol–water partition coefficient (Wildman–Crippen LogP) is 4.81. The summed E-state index contributed by atoms with van der Waals surface area (Å²) in [5.41, 5.74) is 2.49. The molecule has 2 N–H and O–H groups in total. The highest BCUT2D eigenvalue weighted by molar-refractivity contribution is 7.18. The molecule has 0 aliphatic carbocycles. The Labute approximate surface area is 214 Å². The van der Waals surface area contributed by atoms with Crippen LogP contribution in [-0.2, 0) is 4.79 Å². The first kappa shape index (κ1) is 26.7. The molecule has 0 saturated carbocycles. The summed E-state index contributed by atoms with van der Waals surface area (Å²) in [5, 5.41) is 14.9. The molecular weight excluding hydrogens is 482 g/mol. The molecule has 0 bridgehead atoms. The summed E-state index contributed by atoms with van der Waals surface area (Å²) in [6.45, 7) is 4.76. The lowest BCUT2D eigenvalue weighted by molar-refractivity contribution is -0.116. The number of anilines is 2. The van der Waals surface area contributed by atoms with Crippen molar-refractivity contribution in [2.24, 2.45) is 0 Å². The van der Waals surface area contributed by atoms with Crippen LogP contribution in [0.4, 0.5) is 15.6 Å². The molecule has 0 saturated heterocycles. The van der Waals surface area contributed by atoms with Crippen molar-refractivity contribution in [3.05, 3.63) is 42.0 Å². The molecule has 10 nitrogen and oxygen atoms in total. The maximum absolute atomic E-state index is 12.7. The highest BCUT2D eigenvalue weighted by Gasteiger charge is 2.18. The Morgan fingerprint density at radius 1 is 0.972 bits per heavy atom. The number of urea groups is 1. The summed E-state index contributed by atoms with van der Waals surface area (Å²) in [7, 11) is 4.61. The minimum atomic E-state index is -0.257. The highest BCUT2D eigenvalue weighted by Crippen LogP contribution is 2.42. The Bertz CT molecular complexity index is 1170. The van der Waals surface area contributed by atoms with Gasteiger partial charge in [0.1, 0.15) is 5.01 Å². The number of aromatic nitrogens is 2. The maximum atomic E-state index is 12.7.